The fraction of sp³-hybridized carbons (Fsp3) is 0.455. The molecule has 0 aliphatic rings. The van der Waals surface area contributed by atoms with Crippen LogP contribution in [0, 0.1) is 5.92 Å². The molecule has 1 aromatic carbocycles. The number of hydrogen-bond donors (Lipinski definition) is 2. The van der Waals surface area contributed by atoms with Gasteiger partial charge in [0.1, 0.15) is 5.75 Å². The molecule has 1 rings (SSSR count). The van der Waals surface area contributed by atoms with Crippen molar-refractivity contribution in [2.75, 3.05) is 12.8 Å². The maximum atomic E-state index is 6.06. The third-order valence-corrected chi connectivity index (χ3v) is 2.37. The highest BCUT2D eigenvalue weighted by Gasteiger charge is 2.17. The smallest absolute Gasteiger partial charge is 0.125 e. The summed E-state index contributed by atoms with van der Waals surface area (Å²) in [6.45, 7) is 4.13. The van der Waals surface area contributed by atoms with Crippen LogP contribution in [-0.4, -0.2) is 7.11 Å². The lowest BCUT2D eigenvalue weighted by Gasteiger charge is -2.20. The summed E-state index contributed by atoms with van der Waals surface area (Å²) in [7, 11) is 1.63. The van der Waals surface area contributed by atoms with Crippen molar-refractivity contribution in [3.8, 4) is 5.75 Å². The van der Waals surface area contributed by atoms with Crippen LogP contribution in [0.25, 0.3) is 0 Å². The Labute approximate surface area is 85.0 Å². The Balaban J connectivity index is 3.16. The lowest BCUT2D eigenvalue weighted by molar-refractivity contribution is 0.397. The number of ether oxygens (including phenoxy) is 1. The molecule has 0 saturated carbocycles. The van der Waals surface area contributed by atoms with Gasteiger partial charge in [-0.05, 0) is 18.1 Å². The first-order valence-corrected chi connectivity index (χ1v) is 4.76. The fourth-order valence-corrected chi connectivity index (χ4v) is 1.43. The molecule has 0 heterocycles. The Morgan fingerprint density at radius 1 is 1.29 bits per heavy atom. The van der Waals surface area contributed by atoms with Gasteiger partial charge >= 0.3 is 0 Å². The third-order valence-electron chi connectivity index (χ3n) is 2.37. The Hall–Kier alpha value is -1.22. The second-order valence-electron chi connectivity index (χ2n) is 3.73. The quantitative estimate of drug-likeness (QED) is 0.723. The summed E-state index contributed by atoms with van der Waals surface area (Å²) in [5.74, 6) is 1.11. The molecular weight excluding hydrogens is 176 g/mol. The summed E-state index contributed by atoms with van der Waals surface area (Å²) in [5.41, 5.74) is 13.5. The van der Waals surface area contributed by atoms with Gasteiger partial charge < -0.3 is 16.2 Å². The monoisotopic (exact) mass is 194 g/mol. The Morgan fingerprint density at radius 3 is 2.43 bits per heavy atom. The fourth-order valence-electron chi connectivity index (χ4n) is 1.43. The first-order chi connectivity index (χ1) is 6.57. The molecule has 0 aromatic heterocycles. The van der Waals surface area contributed by atoms with E-state index in [0.717, 1.165) is 11.3 Å². The van der Waals surface area contributed by atoms with Crippen LogP contribution in [-0.2, 0) is 0 Å². The van der Waals surface area contributed by atoms with Gasteiger partial charge in [0.25, 0.3) is 0 Å². The Kier molecular flexibility index (Phi) is 3.36. The van der Waals surface area contributed by atoms with Gasteiger partial charge in [-0.15, -0.1) is 0 Å². The zero-order valence-electron chi connectivity index (χ0n) is 8.95. The standard InChI is InChI=1S/C11H18N2O/c1-7(2)11(13)10-8(12)5-4-6-9(10)14-3/h4-7,11H,12-13H2,1-3H3. The van der Waals surface area contributed by atoms with E-state index in [1.807, 2.05) is 18.2 Å². The van der Waals surface area contributed by atoms with Crippen molar-refractivity contribution in [3.05, 3.63) is 23.8 Å². The van der Waals surface area contributed by atoms with Crippen molar-refractivity contribution in [1.82, 2.24) is 0 Å². The average Bonchev–Trinajstić information content (AvgIpc) is 2.16. The molecule has 14 heavy (non-hydrogen) atoms. The van der Waals surface area contributed by atoms with Gasteiger partial charge in [-0.1, -0.05) is 19.9 Å². The molecule has 0 bridgehead atoms. The van der Waals surface area contributed by atoms with Gasteiger partial charge in [-0.2, -0.15) is 0 Å². The van der Waals surface area contributed by atoms with E-state index in [1.165, 1.54) is 0 Å². The first kappa shape index (κ1) is 10.9. The van der Waals surface area contributed by atoms with Crippen LogP contribution < -0.4 is 16.2 Å². The van der Waals surface area contributed by atoms with E-state index < -0.39 is 0 Å². The molecule has 0 amide bonds. The van der Waals surface area contributed by atoms with Crippen molar-refractivity contribution in [3.63, 3.8) is 0 Å². The predicted octanol–water partition coefficient (Wildman–Crippen LogP) is 1.93. The molecule has 0 saturated heterocycles. The van der Waals surface area contributed by atoms with Gasteiger partial charge in [0.15, 0.2) is 0 Å². The molecule has 0 aliphatic carbocycles. The van der Waals surface area contributed by atoms with Crippen molar-refractivity contribution < 1.29 is 4.74 Å². The van der Waals surface area contributed by atoms with Crippen molar-refractivity contribution >= 4 is 5.69 Å². The zero-order chi connectivity index (χ0) is 10.7. The SMILES string of the molecule is COc1cccc(N)c1C(N)C(C)C. The summed E-state index contributed by atoms with van der Waals surface area (Å²) < 4.78 is 5.24. The Morgan fingerprint density at radius 2 is 1.93 bits per heavy atom. The summed E-state index contributed by atoms with van der Waals surface area (Å²) in [4.78, 5) is 0. The molecule has 0 fully saturated rings. The lowest BCUT2D eigenvalue weighted by Crippen LogP contribution is -2.19. The van der Waals surface area contributed by atoms with Gasteiger partial charge in [0.2, 0.25) is 0 Å². The predicted molar refractivity (Wildman–Crippen MR) is 59.2 cm³/mol. The maximum Gasteiger partial charge on any atom is 0.125 e. The highest BCUT2D eigenvalue weighted by atomic mass is 16.5. The van der Waals surface area contributed by atoms with E-state index in [1.54, 1.807) is 7.11 Å². The first-order valence-electron chi connectivity index (χ1n) is 4.76. The molecular formula is C11H18N2O. The average molecular weight is 194 g/mol. The van der Waals surface area contributed by atoms with Crippen LogP contribution in [0.5, 0.6) is 5.75 Å². The van der Waals surface area contributed by atoms with Crippen LogP contribution in [0.3, 0.4) is 0 Å². The van der Waals surface area contributed by atoms with E-state index in [-0.39, 0.29) is 6.04 Å². The number of rotatable bonds is 3. The number of benzene rings is 1. The minimum atomic E-state index is -0.0776. The topological polar surface area (TPSA) is 61.3 Å². The van der Waals surface area contributed by atoms with Crippen LogP contribution in [0.1, 0.15) is 25.5 Å². The minimum absolute atomic E-state index is 0.0776. The Bertz CT molecular complexity index is 310. The number of methoxy groups -OCH3 is 1. The van der Waals surface area contributed by atoms with Crippen molar-refractivity contribution in [2.24, 2.45) is 11.7 Å². The molecule has 3 heteroatoms. The molecule has 0 spiro atoms. The van der Waals surface area contributed by atoms with Gasteiger partial charge in [-0.3, -0.25) is 0 Å². The summed E-state index contributed by atoms with van der Waals surface area (Å²) in [6, 6.07) is 5.52. The number of nitrogens with two attached hydrogens (primary N) is 2. The largest absolute Gasteiger partial charge is 0.496 e. The minimum Gasteiger partial charge on any atom is -0.496 e. The summed E-state index contributed by atoms with van der Waals surface area (Å²) in [6.07, 6.45) is 0. The zero-order valence-corrected chi connectivity index (χ0v) is 8.95. The van der Waals surface area contributed by atoms with Gasteiger partial charge in [0.05, 0.1) is 7.11 Å². The number of hydrogen-bond acceptors (Lipinski definition) is 3. The highest BCUT2D eigenvalue weighted by molar-refractivity contribution is 5.55. The molecule has 1 aromatic rings. The lowest BCUT2D eigenvalue weighted by atomic mass is 9.95. The summed E-state index contributed by atoms with van der Waals surface area (Å²) >= 11 is 0. The van der Waals surface area contributed by atoms with E-state index in [2.05, 4.69) is 13.8 Å². The van der Waals surface area contributed by atoms with Crippen LogP contribution >= 0.6 is 0 Å². The van der Waals surface area contributed by atoms with Crippen LogP contribution in [0.15, 0.2) is 18.2 Å². The van der Waals surface area contributed by atoms with Gasteiger partial charge in [-0.25, -0.2) is 0 Å². The summed E-state index contributed by atoms with van der Waals surface area (Å²) in [5, 5.41) is 0. The van der Waals surface area contributed by atoms with Crippen LogP contribution in [0.4, 0.5) is 5.69 Å². The highest BCUT2D eigenvalue weighted by Crippen LogP contribution is 2.32. The molecule has 0 radical (unpaired) electrons. The van der Waals surface area contributed by atoms with E-state index in [4.69, 9.17) is 16.2 Å². The molecule has 1 atom stereocenters. The van der Waals surface area contributed by atoms with Crippen molar-refractivity contribution in [1.29, 1.82) is 0 Å². The molecule has 78 valence electrons. The number of anilines is 1. The normalized spacial score (nSPS) is 12.9. The van der Waals surface area contributed by atoms with E-state index in [9.17, 15) is 0 Å². The van der Waals surface area contributed by atoms with E-state index in [0.29, 0.717) is 11.6 Å². The van der Waals surface area contributed by atoms with E-state index >= 15 is 0 Å². The van der Waals surface area contributed by atoms with Crippen molar-refractivity contribution in [2.45, 2.75) is 19.9 Å². The molecule has 1 unspecified atom stereocenters. The second-order valence-corrected chi connectivity index (χ2v) is 3.73. The van der Waals surface area contributed by atoms with Crippen LogP contribution in [0.2, 0.25) is 0 Å². The third kappa shape index (κ3) is 1.99. The molecule has 4 N–H and O–H groups in total. The molecule has 0 aliphatic heterocycles. The van der Waals surface area contributed by atoms with Gasteiger partial charge in [0, 0.05) is 17.3 Å². The molecule has 3 nitrogen and oxygen atoms in total. The number of nitrogen functional groups attached to an aromatic ring is 1. The maximum absolute atomic E-state index is 6.06. The second kappa shape index (κ2) is 4.33.